The van der Waals surface area contributed by atoms with Gasteiger partial charge in [-0.2, -0.15) is 0 Å². The average molecular weight is 816 g/mol. The molecule has 0 spiro atoms. The number of amides is 1. The van der Waals surface area contributed by atoms with Gasteiger partial charge >= 0.3 is 0 Å². The molecule has 340 valence electrons. The molecule has 0 heterocycles. The second kappa shape index (κ2) is 46.3. The number of carbonyl (C=O) groups excluding carboxylic acids is 1. The molecular weight excluding hydrogens is 719 g/mol. The minimum Gasteiger partial charge on any atom is -0.394 e. The number of nitrogens with one attached hydrogen (secondary N) is 1. The van der Waals surface area contributed by atoms with Gasteiger partial charge in [-0.25, -0.2) is 0 Å². The van der Waals surface area contributed by atoms with Crippen molar-refractivity contribution in [3.8, 4) is 0 Å². The fourth-order valence-corrected chi connectivity index (χ4v) is 7.51. The van der Waals surface area contributed by atoms with Gasteiger partial charge in [0, 0.05) is 0 Å². The molecule has 5 N–H and O–H groups in total. The zero-order valence-corrected chi connectivity index (χ0v) is 38.3. The molecule has 0 saturated carbocycles. The molecule has 6 nitrogen and oxygen atoms in total. The van der Waals surface area contributed by atoms with Gasteiger partial charge in [0.15, 0.2) is 0 Å². The lowest BCUT2D eigenvalue weighted by Crippen LogP contribution is -2.53. The lowest BCUT2D eigenvalue weighted by Gasteiger charge is -2.27. The van der Waals surface area contributed by atoms with Crippen LogP contribution >= 0.6 is 0 Å². The van der Waals surface area contributed by atoms with E-state index < -0.39 is 36.9 Å². The highest BCUT2D eigenvalue weighted by Gasteiger charge is 2.28. The van der Waals surface area contributed by atoms with E-state index in [0.29, 0.717) is 19.3 Å². The van der Waals surface area contributed by atoms with E-state index in [2.05, 4.69) is 67.8 Å². The molecule has 0 saturated heterocycles. The summed E-state index contributed by atoms with van der Waals surface area (Å²) in [7, 11) is 0. The summed E-state index contributed by atoms with van der Waals surface area (Å²) in [6.07, 6.45) is 57.2. The molecule has 0 rings (SSSR count). The van der Waals surface area contributed by atoms with Crippen LogP contribution in [0.5, 0.6) is 0 Å². The second-order valence-electron chi connectivity index (χ2n) is 17.1. The van der Waals surface area contributed by atoms with Crippen LogP contribution in [0.1, 0.15) is 245 Å². The topological polar surface area (TPSA) is 110 Å². The van der Waals surface area contributed by atoms with Crippen LogP contribution in [0, 0.1) is 0 Å². The Kier molecular flexibility index (Phi) is 45.0. The van der Waals surface area contributed by atoms with Crippen molar-refractivity contribution in [3.05, 3.63) is 48.6 Å². The number of hydrogen-bond acceptors (Lipinski definition) is 5. The largest absolute Gasteiger partial charge is 0.394 e. The van der Waals surface area contributed by atoms with Gasteiger partial charge in [0.25, 0.3) is 0 Å². The zero-order valence-electron chi connectivity index (χ0n) is 38.3. The molecule has 58 heavy (non-hydrogen) atoms. The van der Waals surface area contributed by atoms with E-state index in [9.17, 15) is 25.2 Å². The maximum atomic E-state index is 12.5. The fourth-order valence-electron chi connectivity index (χ4n) is 7.51. The maximum absolute atomic E-state index is 12.5. The molecule has 0 aliphatic heterocycles. The van der Waals surface area contributed by atoms with Crippen molar-refractivity contribution in [1.82, 2.24) is 5.32 Å². The molecule has 6 heteroatoms. The summed E-state index contributed by atoms with van der Waals surface area (Å²) < 4.78 is 0. The summed E-state index contributed by atoms with van der Waals surface area (Å²) in [5.74, 6) is -0.605. The number of aliphatic hydroxyl groups is 4. The van der Waals surface area contributed by atoms with Crippen LogP contribution in [0.15, 0.2) is 48.6 Å². The third kappa shape index (κ3) is 39.7. The van der Waals surface area contributed by atoms with Crippen LogP contribution in [-0.4, -0.2) is 57.3 Å². The highest BCUT2D eigenvalue weighted by molar-refractivity contribution is 5.80. The molecule has 0 aliphatic carbocycles. The molecule has 0 radical (unpaired) electrons. The molecule has 4 atom stereocenters. The van der Waals surface area contributed by atoms with E-state index in [1.807, 2.05) is 0 Å². The molecular formula is C52H97NO5. The van der Waals surface area contributed by atoms with Gasteiger partial charge < -0.3 is 25.7 Å². The van der Waals surface area contributed by atoms with E-state index in [1.165, 1.54) is 154 Å². The van der Waals surface area contributed by atoms with Crippen molar-refractivity contribution in [2.24, 2.45) is 0 Å². The molecule has 0 aromatic heterocycles. The second-order valence-corrected chi connectivity index (χ2v) is 17.1. The number of carbonyl (C=O) groups is 1. The van der Waals surface area contributed by atoms with Crippen LogP contribution in [-0.2, 0) is 4.79 Å². The monoisotopic (exact) mass is 816 g/mol. The Labute approximate surface area is 359 Å². The Balaban J connectivity index is 3.78. The van der Waals surface area contributed by atoms with Crippen LogP contribution in [0.25, 0.3) is 0 Å². The minimum atomic E-state index is -1.30. The zero-order chi connectivity index (χ0) is 42.4. The van der Waals surface area contributed by atoms with Crippen molar-refractivity contribution in [2.75, 3.05) is 6.61 Å². The normalized spacial score (nSPS) is 14.4. The van der Waals surface area contributed by atoms with Gasteiger partial charge in [-0.3, -0.25) is 4.79 Å². The first-order chi connectivity index (χ1) is 28.5. The van der Waals surface area contributed by atoms with E-state index in [1.54, 1.807) is 0 Å². The number of aliphatic hydroxyl groups excluding tert-OH is 4. The minimum absolute atomic E-state index is 0.347. The Morgan fingerprint density at radius 2 is 0.776 bits per heavy atom. The van der Waals surface area contributed by atoms with Crippen molar-refractivity contribution >= 4 is 5.91 Å². The van der Waals surface area contributed by atoms with Gasteiger partial charge in [0.05, 0.1) is 18.8 Å². The number of allylic oxidation sites excluding steroid dienone is 8. The van der Waals surface area contributed by atoms with Crippen LogP contribution in [0.3, 0.4) is 0 Å². The lowest BCUT2D eigenvalue weighted by molar-refractivity contribution is -0.132. The summed E-state index contributed by atoms with van der Waals surface area (Å²) in [6.45, 7) is 4.04. The third-order valence-electron chi connectivity index (χ3n) is 11.5. The Morgan fingerprint density at radius 3 is 1.19 bits per heavy atom. The molecule has 0 fully saturated rings. The SMILES string of the molecule is CCCCCCCCCCC/C=C\C/C=C\CCCCCCCCC(O)C(=O)NC(CO)C(O)C(O)CCC/C=C/CC/C=C/CCCCCCCCCCCCC. The summed E-state index contributed by atoms with van der Waals surface area (Å²) in [5, 5.41) is 43.8. The summed E-state index contributed by atoms with van der Waals surface area (Å²) >= 11 is 0. The number of hydrogen-bond donors (Lipinski definition) is 5. The van der Waals surface area contributed by atoms with E-state index >= 15 is 0 Å². The van der Waals surface area contributed by atoms with Gasteiger partial charge in [-0.15, -0.1) is 0 Å². The van der Waals surface area contributed by atoms with Crippen LogP contribution < -0.4 is 5.32 Å². The predicted octanol–water partition coefficient (Wildman–Crippen LogP) is 13.9. The molecule has 1 amide bonds. The van der Waals surface area contributed by atoms with E-state index in [-0.39, 0.29) is 0 Å². The fraction of sp³-hybridized carbons (Fsp3) is 0.827. The smallest absolute Gasteiger partial charge is 0.249 e. The molecule has 4 unspecified atom stereocenters. The highest BCUT2D eigenvalue weighted by Crippen LogP contribution is 2.15. The van der Waals surface area contributed by atoms with Crippen molar-refractivity contribution in [3.63, 3.8) is 0 Å². The third-order valence-corrected chi connectivity index (χ3v) is 11.5. The van der Waals surface area contributed by atoms with Gasteiger partial charge in [-0.05, 0) is 83.5 Å². The first-order valence-electron chi connectivity index (χ1n) is 25.0. The first-order valence-corrected chi connectivity index (χ1v) is 25.0. The summed E-state index contributed by atoms with van der Waals surface area (Å²) in [5.41, 5.74) is 0. The molecule has 0 bridgehead atoms. The van der Waals surface area contributed by atoms with Crippen LogP contribution in [0.4, 0.5) is 0 Å². The van der Waals surface area contributed by atoms with Crippen molar-refractivity contribution in [1.29, 1.82) is 0 Å². The summed E-state index contributed by atoms with van der Waals surface area (Å²) in [4.78, 5) is 12.5. The van der Waals surface area contributed by atoms with E-state index in [4.69, 9.17) is 0 Å². The van der Waals surface area contributed by atoms with Crippen molar-refractivity contribution < 1.29 is 25.2 Å². The Morgan fingerprint density at radius 1 is 0.431 bits per heavy atom. The highest BCUT2D eigenvalue weighted by atomic mass is 16.3. The number of rotatable bonds is 45. The summed E-state index contributed by atoms with van der Waals surface area (Å²) in [6, 6.07) is -1.01. The Hall–Kier alpha value is -1.73. The van der Waals surface area contributed by atoms with Gasteiger partial charge in [0.1, 0.15) is 12.2 Å². The van der Waals surface area contributed by atoms with Gasteiger partial charge in [0.2, 0.25) is 5.91 Å². The van der Waals surface area contributed by atoms with E-state index in [0.717, 1.165) is 57.8 Å². The van der Waals surface area contributed by atoms with Crippen LogP contribution in [0.2, 0.25) is 0 Å². The van der Waals surface area contributed by atoms with Crippen molar-refractivity contribution in [2.45, 2.75) is 269 Å². The molecule has 0 aliphatic rings. The lowest BCUT2D eigenvalue weighted by atomic mass is 10.00. The maximum Gasteiger partial charge on any atom is 0.249 e. The Bertz CT molecular complexity index is 961. The molecule has 0 aromatic carbocycles. The average Bonchev–Trinajstić information content (AvgIpc) is 3.23. The molecule has 0 aromatic rings. The predicted molar refractivity (Wildman–Crippen MR) is 251 cm³/mol. The quantitative estimate of drug-likeness (QED) is 0.0311. The van der Waals surface area contributed by atoms with Gasteiger partial charge in [-0.1, -0.05) is 210 Å². The standard InChI is InChI=1S/C52H97NO5/c1-3-5-7-9-11-13-15-17-19-21-23-25-26-28-30-32-34-36-38-40-42-44-46-50(56)52(58)53-48(47-54)51(57)49(55)45-43-41-39-37-35-33-31-29-27-24-22-20-18-16-14-12-10-8-6-4-2/h23,25,28-31,37,39,48-51,54-57H,3-22,24,26-27,32-36,38,40-47H2,1-2H3,(H,53,58)/b25-23-,30-28-,31-29+,39-37+. The first kappa shape index (κ1) is 56.3. The number of unbranched alkanes of at least 4 members (excludes halogenated alkanes) is 28.